The third-order valence-corrected chi connectivity index (χ3v) is 29.3. The monoisotopic (exact) mass is 1950 g/mol. The number of phenolic OH excluding ortho intramolecular Hbond substituents is 3. The van der Waals surface area contributed by atoms with Gasteiger partial charge in [0.15, 0.2) is 45.5 Å². The van der Waals surface area contributed by atoms with Crippen LogP contribution in [-0.4, -0.2) is 151 Å². The Kier molecular flexibility index (Phi) is 21.7. The van der Waals surface area contributed by atoms with E-state index < -0.39 is 27.7 Å². The van der Waals surface area contributed by atoms with E-state index in [1.807, 2.05) is 212 Å². The van der Waals surface area contributed by atoms with E-state index in [-0.39, 0.29) is 28.7 Å². The van der Waals surface area contributed by atoms with Gasteiger partial charge in [0.1, 0.15) is 45.9 Å². The summed E-state index contributed by atoms with van der Waals surface area (Å²) in [6, 6.07) is 98.4. The molecule has 149 heavy (non-hydrogen) atoms. The van der Waals surface area contributed by atoms with Gasteiger partial charge in [-0.15, -0.1) is 0 Å². The molecule has 0 spiro atoms. The second-order valence-electron chi connectivity index (χ2n) is 38.3. The number of guanidine groups is 5. The number of amidine groups is 5. The molecule has 0 bridgehead atoms. The fraction of sp³-hybridized carbons (Fsp3) is 0.130. The van der Waals surface area contributed by atoms with Gasteiger partial charge in [-0.25, -0.2) is 74.9 Å². The topological polar surface area (TPSA) is 290 Å². The van der Waals surface area contributed by atoms with E-state index in [1.54, 1.807) is 52.0 Å². The molecule has 0 radical (unpaired) electrons. The van der Waals surface area contributed by atoms with Crippen LogP contribution in [0.4, 0.5) is 28.4 Å². The van der Waals surface area contributed by atoms with Gasteiger partial charge in [0.05, 0.1) is 83.8 Å². The first-order valence-electron chi connectivity index (χ1n) is 49.2. The van der Waals surface area contributed by atoms with Gasteiger partial charge >= 0.3 is 0 Å². The number of allylic oxidation sites excluding steroid dienone is 8. The van der Waals surface area contributed by atoms with Crippen LogP contribution in [0.3, 0.4) is 0 Å². The van der Waals surface area contributed by atoms with Crippen LogP contribution in [0.2, 0.25) is 0 Å². The zero-order valence-corrected chi connectivity index (χ0v) is 82.9. The number of fused-ring (bicyclic) bond motifs is 10. The average Bonchev–Trinajstić information content (AvgIpc) is 1.54. The fourth-order valence-corrected chi connectivity index (χ4v) is 22.1. The molecular formula is C123H96N20O6. The molecule has 0 fully saturated rings. The van der Waals surface area contributed by atoms with Crippen LogP contribution in [0.1, 0.15) is 114 Å². The maximum Gasteiger partial charge on any atom is 0.232 e. The number of aliphatic imine (C=N–C) groups is 15. The molecule has 16 aliphatic rings. The first kappa shape index (κ1) is 91.1. The second-order valence-corrected chi connectivity index (χ2v) is 38.3. The van der Waals surface area contributed by atoms with E-state index in [4.69, 9.17) is 64.1 Å². The van der Waals surface area contributed by atoms with Crippen molar-refractivity contribution in [1.29, 1.82) is 0 Å². The fourth-order valence-electron chi connectivity index (χ4n) is 22.1. The first-order chi connectivity index (χ1) is 72.7. The van der Waals surface area contributed by atoms with Crippen LogP contribution in [0.15, 0.2) is 426 Å². The van der Waals surface area contributed by atoms with E-state index in [1.165, 1.54) is 22.3 Å². The largest absolute Gasteiger partial charge is 0.508 e. The molecule has 0 aromatic heterocycles. The highest BCUT2D eigenvalue weighted by atomic mass is 16.5. The third kappa shape index (κ3) is 14.4. The molecule has 6 unspecified atom stereocenters. The molecule has 0 saturated heterocycles. The highest BCUT2D eigenvalue weighted by molar-refractivity contribution is 6.29. The van der Waals surface area contributed by atoms with Gasteiger partial charge in [0, 0.05) is 64.5 Å². The SMILES string of the molecule is COc1ccc(C2(c3c(O)cc(C)cc3O)N=C3N=CC=C4c5ccccc5N=C2N43)cc1.COc1ccc(C2(c3ccc(C)cc3)N=C3N=CC=C4c5ccccc5N=C2N43)cc1.COc1ccc(C2(c3ccc(C)cc3O)N=C3N=CC=C4c5ccccc5N=C2N43)cc1.Cc1ccc(C2(C)N=C3N=CC=C4c5ccccc5N=C2N43)cc1.Cc1ccc(C2(C3=CC=CC3C)N=C3N=CC=C4c5ccccc5N=C2N43)cc1. The molecule has 0 saturated carbocycles. The number of benzene rings is 13. The number of aryl methyl sites for hydroxylation is 5. The molecule has 26 heteroatoms. The lowest BCUT2D eigenvalue weighted by molar-refractivity contribution is 0.414. The van der Waals surface area contributed by atoms with Gasteiger partial charge in [-0.1, -0.05) is 254 Å². The Morgan fingerprint density at radius 2 is 0.557 bits per heavy atom. The lowest BCUT2D eigenvalue weighted by Crippen LogP contribution is -2.43. The third-order valence-electron chi connectivity index (χ3n) is 29.3. The van der Waals surface area contributed by atoms with E-state index in [2.05, 4.69) is 232 Å². The molecule has 29 rings (SSSR count). The minimum Gasteiger partial charge on any atom is -0.508 e. The second kappa shape index (κ2) is 35.4. The lowest BCUT2D eigenvalue weighted by atomic mass is 9.77. The summed E-state index contributed by atoms with van der Waals surface area (Å²) in [6.45, 7) is 14.4. The molecule has 6 atom stereocenters. The van der Waals surface area contributed by atoms with Crippen molar-refractivity contribution < 1.29 is 29.5 Å². The molecule has 13 aromatic carbocycles. The van der Waals surface area contributed by atoms with Crippen LogP contribution in [0.25, 0.3) is 28.5 Å². The van der Waals surface area contributed by atoms with Gasteiger partial charge in [0.25, 0.3) is 0 Å². The number of para-hydroxylation sites is 5. The molecule has 724 valence electrons. The summed E-state index contributed by atoms with van der Waals surface area (Å²) in [7, 11) is 4.92. The summed E-state index contributed by atoms with van der Waals surface area (Å²) in [5.74, 6) is 9.52. The molecule has 13 aromatic rings. The van der Waals surface area contributed by atoms with E-state index in [9.17, 15) is 15.3 Å². The highest BCUT2D eigenvalue weighted by Gasteiger charge is 2.60. The van der Waals surface area contributed by atoms with E-state index in [0.717, 1.165) is 153 Å². The van der Waals surface area contributed by atoms with Crippen LogP contribution in [0, 0.1) is 40.5 Å². The zero-order valence-electron chi connectivity index (χ0n) is 82.9. The van der Waals surface area contributed by atoms with E-state index in [0.29, 0.717) is 58.3 Å². The standard InChI is InChI=1S/C26H20N4O3.C26H20N4O2.C26H20N4O.C25H20N4.C20H16N4/c1-15-13-21(31)23(22(32)14-15)26(16-7-9-17(33-2)10-8-16)24-28-19-6-4-3-5-18(19)20-11-12-27-25(29-26)30(20)24;1-16-7-12-20(23(31)15-16)26(17-8-10-18(32-2)11-9-17)24-28-21-6-4-3-5-19(21)22-13-14-27-25(29-26)30(22)24;1-17-7-9-18(10-8-17)26(19-11-13-20(31-2)14-12-19)24-28-22-6-4-3-5-21(22)23-15-16-27-25(29-26)30(23)24;1-16-10-12-18(13-11-16)25(20-8-5-6-17(20)2)23-27-21-9-4-3-7-19(21)22-14-15-26-24(28-25)29(22)23;1-13-7-9-14(10-8-13)20(2)18-22-16-6-4-3-5-15(16)17-11-12-21-19(23-20)24(17)18/h3-14,31-32H,1-2H3;3-15,31H,1-2H3;3-16H,1-2H3;3-15,17H,1-2H3;3-12H,1-2H3. The Hall–Kier alpha value is -19.1. The quantitative estimate of drug-likeness (QED) is 0.103. The van der Waals surface area contributed by atoms with Crippen LogP contribution in [0.5, 0.6) is 34.5 Å². The smallest absolute Gasteiger partial charge is 0.232 e. The number of rotatable bonds is 12. The van der Waals surface area contributed by atoms with Gasteiger partial charge in [-0.05, 0) is 213 Å². The minimum absolute atomic E-state index is 0.0661. The molecule has 3 N–H and O–H groups in total. The predicted octanol–water partition coefficient (Wildman–Crippen LogP) is 23.6. The van der Waals surface area contributed by atoms with Crippen molar-refractivity contribution in [3.8, 4) is 34.5 Å². The van der Waals surface area contributed by atoms with Gasteiger partial charge in [-0.3, -0.25) is 24.5 Å². The van der Waals surface area contributed by atoms with Gasteiger partial charge in [0.2, 0.25) is 29.8 Å². The summed E-state index contributed by atoms with van der Waals surface area (Å²) in [5, 5.41) is 33.3. The van der Waals surface area contributed by atoms with Crippen molar-refractivity contribution in [2.45, 2.75) is 76.2 Å². The average molecular weight is 1950 g/mol. The Labute approximate surface area is 860 Å². The van der Waals surface area contributed by atoms with Crippen molar-refractivity contribution >= 4 is 147 Å². The summed E-state index contributed by atoms with van der Waals surface area (Å²) in [4.78, 5) is 83.9. The maximum atomic E-state index is 11.1. The Morgan fingerprint density at radius 1 is 0.275 bits per heavy atom. The molecule has 0 amide bonds. The normalized spacial score (nSPS) is 21.8. The molecular weight excluding hydrogens is 1850 g/mol. The van der Waals surface area contributed by atoms with E-state index >= 15 is 0 Å². The summed E-state index contributed by atoms with van der Waals surface area (Å²) < 4.78 is 16.1. The van der Waals surface area contributed by atoms with Crippen LogP contribution >= 0.6 is 0 Å². The number of ether oxygens (including phenoxy) is 3. The summed E-state index contributed by atoms with van der Waals surface area (Å²) in [5.41, 5.74) is 24.0. The Bertz CT molecular complexity index is 8640. The van der Waals surface area contributed by atoms with Gasteiger partial charge in [-0.2, -0.15) is 0 Å². The van der Waals surface area contributed by atoms with Crippen molar-refractivity contribution in [1.82, 2.24) is 24.5 Å². The minimum atomic E-state index is -1.32. The van der Waals surface area contributed by atoms with Crippen molar-refractivity contribution in [2.75, 3.05) is 21.3 Å². The Balaban J connectivity index is 0.0000000969. The zero-order chi connectivity index (χ0) is 102. The summed E-state index contributed by atoms with van der Waals surface area (Å²) in [6.07, 6.45) is 25.6. The number of hydrogen-bond acceptors (Lipinski definition) is 26. The van der Waals surface area contributed by atoms with Crippen molar-refractivity contribution in [3.05, 3.63) is 452 Å². The van der Waals surface area contributed by atoms with Crippen LogP contribution in [-0.2, 0) is 27.7 Å². The summed E-state index contributed by atoms with van der Waals surface area (Å²) >= 11 is 0. The van der Waals surface area contributed by atoms with Crippen molar-refractivity contribution in [3.63, 3.8) is 0 Å². The van der Waals surface area contributed by atoms with Crippen molar-refractivity contribution in [2.24, 2.45) is 80.8 Å². The first-order valence-corrected chi connectivity index (χ1v) is 49.2. The molecule has 1 aliphatic carbocycles. The molecule has 15 aliphatic heterocycles. The van der Waals surface area contributed by atoms with Crippen LogP contribution < -0.4 is 14.2 Å². The predicted molar refractivity (Wildman–Crippen MR) is 594 cm³/mol. The Morgan fingerprint density at radius 3 is 0.926 bits per heavy atom. The molecule has 26 nitrogen and oxygen atoms in total. The number of hydrogen-bond donors (Lipinski definition) is 3. The number of nitrogens with zero attached hydrogens (tertiary/aromatic N) is 20. The highest BCUT2D eigenvalue weighted by Crippen LogP contribution is 2.59. The lowest BCUT2D eigenvalue weighted by Gasteiger charge is -2.36. The number of phenols is 3. The number of aromatic hydroxyl groups is 3. The maximum absolute atomic E-state index is 11.1. The molecule has 15 heterocycles. The number of methoxy groups -OCH3 is 3. The van der Waals surface area contributed by atoms with Gasteiger partial charge < -0.3 is 29.5 Å².